The van der Waals surface area contributed by atoms with Gasteiger partial charge in [0.05, 0.1) is 11.3 Å². The van der Waals surface area contributed by atoms with Gasteiger partial charge in [-0.25, -0.2) is 4.98 Å². The number of nitrogens with two attached hydrogens (primary N) is 1. The zero-order valence-electron chi connectivity index (χ0n) is 8.53. The van der Waals surface area contributed by atoms with E-state index in [0.29, 0.717) is 17.1 Å². The Kier molecular flexibility index (Phi) is 2.72. The second kappa shape index (κ2) is 4.18. The molecule has 1 aromatic heterocycles. The lowest BCUT2D eigenvalue weighted by atomic mass is 10.2. The summed E-state index contributed by atoms with van der Waals surface area (Å²) in [6.07, 6.45) is 5.44. The van der Waals surface area contributed by atoms with Crippen molar-refractivity contribution in [3.05, 3.63) is 17.8 Å². The number of nitrogens with zero attached hydrogens (tertiary/aromatic N) is 2. The van der Waals surface area contributed by atoms with Crippen molar-refractivity contribution in [3.63, 3.8) is 0 Å². The molecule has 0 radical (unpaired) electrons. The molecular formula is C11H14N4. The predicted octanol–water partition coefficient (Wildman–Crippen LogP) is 1.75. The van der Waals surface area contributed by atoms with Gasteiger partial charge in [0.2, 0.25) is 0 Å². The molecule has 1 aromatic rings. The van der Waals surface area contributed by atoms with Gasteiger partial charge in [-0.1, -0.05) is 12.8 Å². The van der Waals surface area contributed by atoms with Crippen LogP contribution in [0.2, 0.25) is 0 Å². The lowest BCUT2D eigenvalue weighted by Gasteiger charge is -2.07. The third-order valence-electron chi connectivity index (χ3n) is 2.59. The Morgan fingerprint density at radius 3 is 3.00 bits per heavy atom. The Labute approximate surface area is 89.1 Å². The van der Waals surface area contributed by atoms with Crippen molar-refractivity contribution >= 4 is 11.5 Å². The molecule has 15 heavy (non-hydrogen) atoms. The zero-order chi connectivity index (χ0) is 10.7. The molecule has 2 rings (SSSR count). The van der Waals surface area contributed by atoms with Gasteiger partial charge >= 0.3 is 0 Å². The van der Waals surface area contributed by atoms with Crippen LogP contribution in [0, 0.1) is 17.2 Å². The summed E-state index contributed by atoms with van der Waals surface area (Å²) < 4.78 is 0. The van der Waals surface area contributed by atoms with E-state index in [1.807, 2.05) is 6.07 Å². The van der Waals surface area contributed by atoms with Gasteiger partial charge in [0.15, 0.2) is 0 Å². The molecule has 1 saturated carbocycles. The van der Waals surface area contributed by atoms with Crippen LogP contribution in [0.25, 0.3) is 0 Å². The van der Waals surface area contributed by atoms with Gasteiger partial charge in [-0.15, -0.1) is 0 Å². The first-order chi connectivity index (χ1) is 7.29. The Morgan fingerprint density at radius 1 is 1.60 bits per heavy atom. The second-order valence-electron chi connectivity index (χ2n) is 3.93. The van der Waals surface area contributed by atoms with Gasteiger partial charge in [0.25, 0.3) is 0 Å². The fraction of sp³-hybridized carbons (Fsp3) is 0.455. The molecule has 1 heterocycles. The van der Waals surface area contributed by atoms with Crippen LogP contribution in [-0.4, -0.2) is 11.5 Å². The van der Waals surface area contributed by atoms with E-state index in [2.05, 4.69) is 10.3 Å². The van der Waals surface area contributed by atoms with Gasteiger partial charge in [-0.05, 0) is 18.4 Å². The summed E-state index contributed by atoms with van der Waals surface area (Å²) in [4.78, 5) is 4.11. The molecule has 0 atom stereocenters. The summed E-state index contributed by atoms with van der Waals surface area (Å²) in [7, 11) is 0. The average Bonchev–Trinajstić information content (AvgIpc) is 3.04. The Hall–Kier alpha value is -1.76. The first kappa shape index (κ1) is 9.78. The third kappa shape index (κ3) is 2.59. The van der Waals surface area contributed by atoms with Crippen molar-refractivity contribution in [1.29, 1.82) is 5.26 Å². The Morgan fingerprint density at radius 2 is 2.40 bits per heavy atom. The average molecular weight is 202 g/mol. The van der Waals surface area contributed by atoms with E-state index in [9.17, 15) is 0 Å². The normalized spacial score (nSPS) is 14.6. The minimum absolute atomic E-state index is 0.500. The standard InChI is InChI=1S/C11H14N4/c12-6-9-5-10(13)11(15-7-9)14-4-3-8-1-2-8/h5,7-8H,1-4,13H2,(H,14,15). The quantitative estimate of drug-likeness (QED) is 0.780. The smallest absolute Gasteiger partial charge is 0.149 e. The summed E-state index contributed by atoms with van der Waals surface area (Å²) in [6.45, 7) is 0.910. The molecule has 1 aliphatic rings. The van der Waals surface area contributed by atoms with Gasteiger partial charge in [0.1, 0.15) is 11.9 Å². The molecule has 1 fully saturated rings. The maximum absolute atomic E-state index is 8.64. The van der Waals surface area contributed by atoms with Crippen molar-refractivity contribution in [2.75, 3.05) is 17.6 Å². The molecule has 0 spiro atoms. The highest BCUT2D eigenvalue weighted by atomic mass is 15.0. The lowest BCUT2D eigenvalue weighted by Crippen LogP contribution is -2.06. The molecule has 0 aliphatic heterocycles. The van der Waals surface area contributed by atoms with E-state index in [-0.39, 0.29) is 0 Å². The van der Waals surface area contributed by atoms with Crippen molar-refractivity contribution in [2.24, 2.45) is 5.92 Å². The summed E-state index contributed by atoms with van der Waals surface area (Å²) in [5.41, 5.74) is 6.80. The first-order valence-corrected chi connectivity index (χ1v) is 5.19. The van der Waals surface area contributed by atoms with E-state index in [1.54, 1.807) is 6.07 Å². The zero-order valence-corrected chi connectivity index (χ0v) is 8.53. The minimum Gasteiger partial charge on any atom is -0.396 e. The number of nitriles is 1. The van der Waals surface area contributed by atoms with Crippen molar-refractivity contribution in [3.8, 4) is 6.07 Å². The summed E-state index contributed by atoms with van der Waals surface area (Å²) in [6, 6.07) is 3.65. The Bertz CT molecular complexity index is 390. The molecular weight excluding hydrogens is 188 g/mol. The van der Waals surface area contributed by atoms with Gasteiger partial charge in [0, 0.05) is 12.7 Å². The molecule has 3 N–H and O–H groups in total. The maximum Gasteiger partial charge on any atom is 0.149 e. The predicted molar refractivity (Wildman–Crippen MR) is 59.2 cm³/mol. The minimum atomic E-state index is 0.500. The van der Waals surface area contributed by atoms with E-state index >= 15 is 0 Å². The fourth-order valence-corrected chi connectivity index (χ4v) is 1.49. The highest BCUT2D eigenvalue weighted by molar-refractivity contribution is 5.62. The lowest BCUT2D eigenvalue weighted by molar-refractivity contribution is 0.758. The van der Waals surface area contributed by atoms with Crippen LogP contribution < -0.4 is 11.1 Å². The van der Waals surface area contributed by atoms with E-state index in [1.165, 1.54) is 25.5 Å². The van der Waals surface area contributed by atoms with Crippen LogP contribution in [0.3, 0.4) is 0 Å². The number of aromatic nitrogens is 1. The number of nitrogens with one attached hydrogen (secondary N) is 1. The van der Waals surface area contributed by atoms with Gasteiger partial charge in [-0.3, -0.25) is 0 Å². The van der Waals surface area contributed by atoms with Crippen LogP contribution in [0.5, 0.6) is 0 Å². The molecule has 4 heteroatoms. The SMILES string of the molecule is N#Cc1cnc(NCCC2CC2)c(N)c1. The van der Waals surface area contributed by atoms with Crippen LogP contribution >= 0.6 is 0 Å². The van der Waals surface area contributed by atoms with E-state index in [4.69, 9.17) is 11.0 Å². The van der Waals surface area contributed by atoms with E-state index in [0.717, 1.165) is 12.5 Å². The number of hydrogen-bond donors (Lipinski definition) is 2. The molecule has 78 valence electrons. The second-order valence-corrected chi connectivity index (χ2v) is 3.93. The highest BCUT2D eigenvalue weighted by Crippen LogP contribution is 2.32. The van der Waals surface area contributed by atoms with Crippen LogP contribution in [0.1, 0.15) is 24.8 Å². The molecule has 1 aliphatic carbocycles. The molecule has 0 saturated heterocycles. The fourth-order valence-electron chi connectivity index (χ4n) is 1.49. The Balaban J connectivity index is 1.92. The molecule has 0 bridgehead atoms. The van der Waals surface area contributed by atoms with Crippen LogP contribution in [-0.2, 0) is 0 Å². The van der Waals surface area contributed by atoms with Crippen molar-refractivity contribution < 1.29 is 0 Å². The summed E-state index contributed by atoms with van der Waals surface area (Å²) >= 11 is 0. The van der Waals surface area contributed by atoms with E-state index < -0.39 is 0 Å². The number of hydrogen-bond acceptors (Lipinski definition) is 4. The highest BCUT2D eigenvalue weighted by Gasteiger charge is 2.20. The van der Waals surface area contributed by atoms with Crippen molar-refractivity contribution in [2.45, 2.75) is 19.3 Å². The van der Waals surface area contributed by atoms with Gasteiger partial charge in [-0.2, -0.15) is 5.26 Å². The van der Waals surface area contributed by atoms with Gasteiger partial charge < -0.3 is 11.1 Å². The summed E-state index contributed by atoms with van der Waals surface area (Å²) in [5.74, 6) is 1.59. The van der Waals surface area contributed by atoms with Crippen LogP contribution in [0.15, 0.2) is 12.3 Å². The van der Waals surface area contributed by atoms with Crippen LogP contribution in [0.4, 0.5) is 11.5 Å². The number of pyridine rings is 1. The van der Waals surface area contributed by atoms with Crippen molar-refractivity contribution in [1.82, 2.24) is 4.98 Å². The third-order valence-corrected chi connectivity index (χ3v) is 2.59. The number of rotatable bonds is 4. The molecule has 0 aromatic carbocycles. The topological polar surface area (TPSA) is 74.7 Å². The largest absolute Gasteiger partial charge is 0.396 e. The monoisotopic (exact) mass is 202 g/mol. The first-order valence-electron chi connectivity index (χ1n) is 5.19. The molecule has 0 unspecified atom stereocenters. The molecule has 4 nitrogen and oxygen atoms in total. The number of nitrogen functional groups attached to an aromatic ring is 1. The summed E-state index contributed by atoms with van der Waals surface area (Å²) in [5, 5.41) is 11.8. The number of anilines is 2. The molecule has 0 amide bonds. The maximum atomic E-state index is 8.64.